The van der Waals surface area contributed by atoms with Crippen molar-refractivity contribution in [2.45, 2.75) is 16.4 Å². The predicted octanol–water partition coefficient (Wildman–Crippen LogP) is 4.75. The Morgan fingerprint density at radius 3 is 2.53 bits per heavy atom. The summed E-state index contributed by atoms with van der Waals surface area (Å²) >= 11 is 11.3. The molecule has 0 spiro atoms. The van der Waals surface area contributed by atoms with Gasteiger partial charge in [-0.15, -0.1) is 0 Å². The summed E-state index contributed by atoms with van der Waals surface area (Å²) in [5.41, 5.74) is 0.825. The Kier molecular flexibility index (Phi) is 4.51. The standard InChI is InChI=1S/C13H10BrClOS/c14-10-3-1-2-4-12(10)17-13-6-5-9(8-16)7-11(13)15/h1-7,16H,8H2. The van der Waals surface area contributed by atoms with Gasteiger partial charge in [0.2, 0.25) is 0 Å². The number of halogens is 2. The van der Waals surface area contributed by atoms with Crippen LogP contribution in [0.15, 0.2) is 56.7 Å². The molecule has 0 heterocycles. The fourth-order valence-corrected chi connectivity index (χ4v) is 3.06. The van der Waals surface area contributed by atoms with Crippen molar-refractivity contribution in [1.29, 1.82) is 0 Å². The zero-order valence-corrected chi connectivity index (χ0v) is 12.0. The zero-order valence-electron chi connectivity index (χ0n) is 8.86. The molecule has 2 rings (SSSR count). The monoisotopic (exact) mass is 328 g/mol. The first-order valence-electron chi connectivity index (χ1n) is 5.02. The smallest absolute Gasteiger partial charge is 0.0682 e. The van der Waals surface area contributed by atoms with Crippen LogP contribution in [-0.4, -0.2) is 5.11 Å². The molecule has 1 nitrogen and oxygen atoms in total. The van der Waals surface area contributed by atoms with Gasteiger partial charge in [0.05, 0.1) is 11.6 Å². The summed E-state index contributed by atoms with van der Waals surface area (Å²) in [7, 11) is 0. The summed E-state index contributed by atoms with van der Waals surface area (Å²) in [6.45, 7) is 0.0136. The van der Waals surface area contributed by atoms with Crippen LogP contribution in [0.5, 0.6) is 0 Å². The largest absolute Gasteiger partial charge is 0.392 e. The number of hydrogen-bond acceptors (Lipinski definition) is 2. The normalized spacial score (nSPS) is 10.5. The van der Waals surface area contributed by atoms with E-state index in [0.29, 0.717) is 5.02 Å². The van der Waals surface area contributed by atoms with Crippen LogP contribution in [0, 0.1) is 0 Å². The average Bonchev–Trinajstić information content (AvgIpc) is 2.34. The molecule has 0 fully saturated rings. The number of rotatable bonds is 3. The first-order valence-corrected chi connectivity index (χ1v) is 7.01. The van der Waals surface area contributed by atoms with E-state index >= 15 is 0 Å². The molecule has 17 heavy (non-hydrogen) atoms. The van der Waals surface area contributed by atoms with Crippen LogP contribution in [0.3, 0.4) is 0 Å². The Morgan fingerprint density at radius 2 is 1.88 bits per heavy atom. The second kappa shape index (κ2) is 5.91. The van der Waals surface area contributed by atoms with Crippen molar-refractivity contribution in [3.8, 4) is 0 Å². The number of hydrogen-bond donors (Lipinski definition) is 1. The van der Waals surface area contributed by atoms with Gasteiger partial charge in [-0.3, -0.25) is 0 Å². The van der Waals surface area contributed by atoms with E-state index < -0.39 is 0 Å². The van der Waals surface area contributed by atoms with Crippen LogP contribution in [0.2, 0.25) is 5.02 Å². The van der Waals surface area contributed by atoms with Crippen molar-refractivity contribution >= 4 is 39.3 Å². The molecule has 0 bridgehead atoms. The van der Waals surface area contributed by atoms with E-state index in [2.05, 4.69) is 15.9 Å². The minimum absolute atomic E-state index is 0.0136. The highest BCUT2D eigenvalue weighted by Gasteiger charge is 2.06. The molecule has 1 N–H and O–H groups in total. The molecule has 0 unspecified atom stereocenters. The summed E-state index contributed by atoms with van der Waals surface area (Å²) < 4.78 is 1.05. The molecule has 2 aromatic rings. The van der Waals surface area contributed by atoms with Gasteiger partial charge < -0.3 is 5.11 Å². The Morgan fingerprint density at radius 1 is 1.12 bits per heavy atom. The third-order valence-electron chi connectivity index (χ3n) is 2.24. The maximum absolute atomic E-state index is 9.01. The fourth-order valence-electron chi connectivity index (χ4n) is 1.37. The van der Waals surface area contributed by atoms with Crippen molar-refractivity contribution in [1.82, 2.24) is 0 Å². The van der Waals surface area contributed by atoms with Gasteiger partial charge in [-0.25, -0.2) is 0 Å². The zero-order chi connectivity index (χ0) is 12.3. The third kappa shape index (κ3) is 3.26. The van der Waals surface area contributed by atoms with Crippen molar-refractivity contribution in [3.05, 3.63) is 57.5 Å². The number of aliphatic hydroxyl groups excluding tert-OH is 1. The molecule has 4 heteroatoms. The highest BCUT2D eigenvalue weighted by Crippen LogP contribution is 2.37. The lowest BCUT2D eigenvalue weighted by Gasteiger charge is -2.07. The maximum Gasteiger partial charge on any atom is 0.0682 e. The van der Waals surface area contributed by atoms with Crippen LogP contribution < -0.4 is 0 Å². The van der Waals surface area contributed by atoms with Gasteiger partial charge in [-0.2, -0.15) is 0 Å². The van der Waals surface area contributed by atoms with Crippen LogP contribution in [-0.2, 0) is 6.61 Å². The SMILES string of the molecule is OCc1ccc(Sc2ccccc2Br)c(Cl)c1. The highest BCUT2D eigenvalue weighted by molar-refractivity contribution is 9.10. The minimum atomic E-state index is 0.0136. The number of benzene rings is 2. The Balaban J connectivity index is 2.28. The lowest BCUT2D eigenvalue weighted by atomic mass is 10.2. The van der Waals surface area contributed by atoms with E-state index in [1.807, 2.05) is 36.4 Å². The van der Waals surface area contributed by atoms with Crippen LogP contribution in [0.25, 0.3) is 0 Å². The molecule has 0 saturated carbocycles. The van der Waals surface area contributed by atoms with E-state index in [1.165, 1.54) is 0 Å². The topological polar surface area (TPSA) is 20.2 Å². The van der Waals surface area contributed by atoms with Gasteiger partial charge in [-0.05, 0) is 45.8 Å². The summed E-state index contributed by atoms with van der Waals surface area (Å²) in [4.78, 5) is 2.10. The van der Waals surface area contributed by atoms with Gasteiger partial charge in [0.25, 0.3) is 0 Å². The van der Waals surface area contributed by atoms with Gasteiger partial charge in [0.15, 0.2) is 0 Å². The van der Waals surface area contributed by atoms with E-state index in [4.69, 9.17) is 16.7 Å². The Labute approximate surface area is 118 Å². The van der Waals surface area contributed by atoms with Crippen molar-refractivity contribution in [2.24, 2.45) is 0 Å². The van der Waals surface area contributed by atoms with Crippen molar-refractivity contribution in [3.63, 3.8) is 0 Å². The van der Waals surface area contributed by atoms with E-state index in [9.17, 15) is 0 Å². The molecule has 88 valence electrons. The van der Waals surface area contributed by atoms with Crippen LogP contribution in [0.1, 0.15) is 5.56 Å². The summed E-state index contributed by atoms with van der Waals surface area (Å²) in [5, 5.41) is 9.68. The molecule has 0 aliphatic carbocycles. The second-order valence-electron chi connectivity index (χ2n) is 3.46. The molecule has 0 aliphatic heterocycles. The van der Waals surface area contributed by atoms with E-state index in [1.54, 1.807) is 17.8 Å². The van der Waals surface area contributed by atoms with E-state index in [-0.39, 0.29) is 6.61 Å². The lowest BCUT2D eigenvalue weighted by molar-refractivity contribution is 0.282. The first-order chi connectivity index (χ1) is 8.20. The molecule has 2 aromatic carbocycles. The summed E-state index contributed by atoms with van der Waals surface area (Å²) in [6.07, 6.45) is 0. The summed E-state index contributed by atoms with van der Waals surface area (Å²) in [6, 6.07) is 13.6. The molecule has 0 atom stereocenters. The molecule has 0 aliphatic rings. The Bertz CT molecular complexity index is 531. The molecular weight excluding hydrogens is 320 g/mol. The number of aliphatic hydroxyl groups is 1. The first kappa shape index (κ1) is 13.0. The predicted molar refractivity (Wildman–Crippen MR) is 75.6 cm³/mol. The van der Waals surface area contributed by atoms with Crippen LogP contribution in [0.4, 0.5) is 0 Å². The van der Waals surface area contributed by atoms with Crippen molar-refractivity contribution < 1.29 is 5.11 Å². The minimum Gasteiger partial charge on any atom is -0.392 e. The van der Waals surface area contributed by atoms with Gasteiger partial charge >= 0.3 is 0 Å². The third-order valence-corrected chi connectivity index (χ3v) is 4.77. The molecule has 0 saturated heterocycles. The molecule has 0 amide bonds. The Hall–Kier alpha value is -0.480. The quantitative estimate of drug-likeness (QED) is 0.877. The van der Waals surface area contributed by atoms with Gasteiger partial charge in [0.1, 0.15) is 0 Å². The molecule has 0 radical (unpaired) electrons. The second-order valence-corrected chi connectivity index (χ2v) is 5.80. The summed E-state index contributed by atoms with van der Waals surface area (Å²) in [5.74, 6) is 0. The van der Waals surface area contributed by atoms with Gasteiger partial charge in [0, 0.05) is 14.3 Å². The average molecular weight is 330 g/mol. The molecule has 0 aromatic heterocycles. The lowest BCUT2D eigenvalue weighted by Crippen LogP contribution is -1.84. The van der Waals surface area contributed by atoms with Crippen molar-refractivity contribution in [2.75, 3.05) is 0 Å². The van der Waals surface area contributed by atoms with Crippen LogP contribution >= 0.6 is 39.3 Å². The maximum atomic E-state index is 9.01. The van der Waals surface area contributed by atoms with Gasteiger partial charge in [-0.1, -0.05) is 41.6 Å². The molecular formula is C13H10BrClOS. The fraction of sp³-hybridized carbons (Fsp3) is 0.0769. The van der Waals surface area contributed by atoms with E-state index in [0.717, 1.165) is 19.8 Å². The highest BCUT2D eigenvalue weighted by atomic mass is 79.9.